The SMILES string of the molecule is COC(=O)c1cc(N)ccc1S(=O)(=O)N1CCN(C)CC1. The number of benzene rings is 1. The molecule has 116 valence electrons. The number of hydrogen-bond donors (Lipinski definition) is 1. The second-order valence-electron chi connectivity index (χ2n) is 4.95. The molecule has 2 N–H and O–H groups in total. The fraction of sp³-hybridized carbons (Fsp3) is 0.462. The lowest BCUT2D eigenvalue weighted by molar-refractivity contribution is 0.0596. The number of piperazine rings is 1. The lowest BCUT2D eigenvalue weighted by Crippen LogP contribution is -2.47. The van der Waals surface area contributed by atoms with Crippen LogP contribution < -0.4 is 5.73 Å². The molecule has 0 spiro atoms. The Hall–Kier alpha value is -1.64. The fourth-order valence-corrected chi connectivity index (χ4v) is 3.79. The molecule has 21 heavy (non-hydrogen) atoms. The number of sulfonamides is 1. The van der Waals surface area contributed by atoms with Crippen LogP contribution in [0.3, 0.4) is 0 Å². The van der Waals surface area contributed by atoms with Gasteiger partial charge >= 0.3 is 5.97 Å². The van der Waals surface area contributed by atoms with Crippen LogP contribution in [-0.2, 0) is 14.8 Å². The number of anilines is 1. The van der Waals surface area contributed by atoms with Crippen LogP contribution in [0, 0.1) is 0 Å². The molecule has 0 radical (unpaired) electrons. The monoisotopic (exact) mass is 313 g/mol. The number of nitrogen functional groups attached to an aromatic ring is 1. The molecule has 0 aromatic heterocycles. The van der Waals surface area contributed by atoms with E-state index in [9.17, 15) is 13.2 Å². The fourth-order valence-electron chi connectivity index (χ4n) is 2.21. The molecule has 1 aromatic carbocycles. The standard InChI is InChI=1S/C13H19N3O4S/c1-15-5-7-16(8-6-15)21(18,19)12-4-3-10(14)9-11(12)13(17)20-2/h3-4,9H,5-8,14H2,1-2H3. The second-order valence-corrected chi connectivity index (χ2v) is 6.86. The van der Waals surface area contributed by atoms with Gasteiger partial charge in [-0.25, -0.2) is 13.2 Å². The molecule has 7 nitrogen and oxygen atoms in total. The molecule has 0 unspecified atom stereocenters. The number of ether oxygens (including phenoxy) is 1. The summed E-state index contributed by atoms with van der Waals surface area (Å²) < 4.78 is 31.4. The quantitative estimate of drug-likeness (QED) is 0.623. The topological polar surface area (TPSA) is 92.9 Å². The van der Waals surface area contributed by atoms with Crippen LogP contribution in [0.4, 0.5) is 5.69 Å². The van der Waals surface area contributed by atoms with E-state index in [0.717, 1.165) is 0 Å². The molecule has 0 amide bonds. The molecule has 8 heteroatoms. The Morgan fingerprint density at radius 3 is 2.43 bits per heavy atom. The highest BCUT2D eigenvalue weighted by molar-refractivity contribution is 7.89. The highest BCUT2D eigenvalue weighted by atomic mass is 32.2. The van der Waals surface area contributed by atoms with Gasteiger partial charge in [0.15, 0.2) is 0 Å². The first-order valence-corrected chi connectivity index (χ1v) is 7.97. The van der Waals surface area contributed by atoms with Crippen LogP contribution in [0.25, 0.3) is 0 Å². The number of methoxy groups -OCH3 is 1. The van der Waals surface area contributed by atoms with Gasteiger partial charge in [0.1, 0.15) is 0 Å². The van der Waals surface area contributed by atoms with Gasteiger partial charge < -0.3 is 15.4 Å². The molecular formula is C13H19N3O4S. The molecule has 1 aliphatic heterocycles. The number of likely N-dealkylation sites (N-methyl/N-ethyl adjacent to an activating group) is 1. The second kappa shape index (κ2) is 6.00. The highest BCUT2D eigenvalue weighted by Crippen LogP contribution is 2.24. The number of rotatable bonds is 3. The lowest BCUT2D eigenvalue weighted by atomic mass is 10.2. The third-order valence-electron chi connectivity index (χ3n) is 3.49. The average molecular weight is 313 g/mol. The van der Waals surface area contributed by atoms with Crippen molar-refractivity contribution in [2.75, 3.05) is 46.1 Å². The van der Waals surface area contributed by atoms with Gasteiger partial charge in [0, 0.05) is 31.9 Å². The molecule has 1 heterocycles. The van der Waals surface area contributed by atoms with Crippen molar-refractivity contribution in [2.45, 2.75) is 4.90 Å². The normalized spacial score (nSPS) is 17.6. The van der Waals surface area contributed by atoms with Crippen LogP contribution in [0.1, 0.15) is 10.4 Å². The summed E-state index contributed by atoms with van der Waals surface area (Å²) in [6.45, 7) is 2.09. The van der Waals surface area contributed by atoms with E-state index in [4.69, 9.17) is 5.73 Å². The molecule has 1 saturated heterocycles. The Balaban J connectivity index is 2.42. The summed E-state index contributed by atoms with van der Waals surface area (Å²) in [6.07, 6.45) is 0. The molecule has 0 atom stereocenters. The van der Waals surface area contributed by atoms with Gasteiger partial charge in [0.2, 0.25) is 10.0 Å². The number of nitrogens with two attached hydrogens (primary N) is 1. The Labute approximate surface area is 124 Å². The van der Waals surface area contributed by atoms with Crippen molar-refractivity contribution in [1.82, 2.24) is 9.21 Å². The first-order chi connectivity index (χ1) is 9.86. The minimum atomic E-state index is -3.74. The maximum Gasteiger partial charge on any atom is 0.339 e. The smallest absolute Gasteiger partial charge is 0.339 e. The van der Waals surface area contributed by atoms with Crippen molar-refractivity contribution in [3.63, 3.8) is 0 Å². The van der Waals surface area contributed by atoms with E-state index in [-0.39, 0.29) is 10.5 Å². The summed E-state index contributed by atoms with van der Waals surface area (Å²) in [5.41, 5.74) is 5.92. The molecule has 1 aromatic rings. The summed E-state index contributed by atoms with van der Waals surface area (Å²) in [6, 6.07) is 4.15. The zero-order valence-electron chi connectivity index (χ0n) is 12.1. The van der Waals surface area contributed by atoms with E-state index in [1.165, 1.54) is 29.6 Å². The van der Waals surface area contributed by atoms with E-state index < -0.39 is 16.0 Å². The number of esters is 1. The predicted molar refractivity (Wildman–Crippen MR) is 78.4 cm³/mol. The Morgan fingerprint density at radius 2 is 1.86 bits per heavy atom. The highest BCUT2D eigenvalue weighted by Gasteiger charge is 2.31. The summed E-state index contributed by atoms with van der Waals surface area (Å²) in [5, 5.41) is 0. The molecule has 0 saturated carbocycles. The van der Waals surface area contributed by atoms with E-state index in [1.807, 2.05) is 7.05 Å². The molecule has 2 rings (SSSR count). The first kappa shape index (κ1) is 15.7. The molecule has 1 fully saturated rings. The van der Waals surface area contributed by atoms with Gasteiger partial charge in [-0.05, 0) is 25.2 Å². The Kier molecular flexibility index (Phi) is 4.50. The Morgan fingerprint density at radius 1 is 1.24 bits per heavy atom. The minimum absolute atomic E-state index is 0.0311. The third kappa shape index (κ3) is 3.17. The van der Waals surface area contributed by atoms with Crippen LogP contribution in [0.15, 0.2) is 23.1 Å². The summed E-state index contributed by atoms with van der Waals surface area (Å²) >= 11 is 0. The van der Waals surface area contributed by atoms with Gasteiger partial charge in [0.25, 0.3) is 0 Å². The van der Waals surface area contributed by atoms with Gasteiger partial charge in [-0.3, -0.25) is 0 Å². The van der Waals surface area contributed by atoms with Gasteiger partial charge in [-0.15, -0.1) is 0 Å². The first-order valence-electron chi connectivity index (χ1n) is 6.53. The van der Waals surface area contributed by atoms with Gasteiger partial charge in [-0.2, -0.15) is 4.31 Å². The van der Waals surface area contributed by atoms with E-state index in [2.05, 4.69) is 9.64 Å². The van der Waals surface area contributed by atoms with E-state index >= 15 is 0 Å². The van der Waals surface area contributed by atoms with Crippen molar-refractivity contribution in [2.24, 2.45) is 0 Å². The summed E-state index contributed by atoms with van der Waals surface area (Å²) in [4.78, 5) is 13.8. The van der Waals surface area contributed by atoms with Crippen molar-refractivity contribution in [3.05, 3.63) is 23.8 Å². The predicted octanol–water partition coefficient (Wildman–Crippen LogP) is -0.00850. The molecular weight excluding hydrogens is 294 g/mol. The van der Waals surface area contributed by atoms with Crippen molar-refractivity contribution >= 4 is 21.7 Å². The average Bonchev–Trinajstić information content (AvgIpc) is 2.46. The minimum Gasteiger partial charge on any atom is -0.465 e. The number of carbonyl (C=O) groups excluding carboxylic acids is 1. The lowest BCUT2D eigenvalue weighted by Gasteiger charge is -2.31. The number of carbonyl (C=O) groups is 1. The van der Waals surface area contributed by atoms with E-state index in [0.29, 0.717) is 31.9 Å². The number of nitrogens with zero attached hydrogens (tertiary/aromatic N) is 2. The Bertz CT molecular complexity index is 637. The zero-order valence-corrected chi connectivity index (χ0v) is 12.9. The maximum atomic E-state index is 12.7. The van der Waals surface area contributed by atoms with Crippen LogP contribution in [0.5, 0.6) is 0 Å². The van der Waals surface area contributed by atoms with Crippen LogP contribution in [0.2, 0.25) is 0 Å². The molecule has 0 aliphatic carbocycles. The maximum absolute atomic E-state index is 12.7. The van der Waals surface area contributed by atoms with Crippen molar-refractivity contribution in [3.8, 4) is 0 Å². The summed E-state index contributed by atoms with van der Waals surface area (Å²) in [7, 11) is -0.594. The van der Waals surface area contributed by atoms with Crippen molar-refractivity contribution in [1.29, 1.82) is 0 Å². The molecule has 1 aliphatic rings. The summed E-state index contributed by atoms with van der Waals surface area (Å²) in [5.74, 6) is -0.713. The largest absolute Gasteiger partial charge is 0.465 e. The zero-order chi connectivity index (χ0) is 15.6. The molecule has 0 bridgehead atoms. The number of hydrogen-bond acceptors (Lipinski definition) is 6. The van der Waals surface area contributed by atoms with E-state index in [1.54, 1.807) is 0 Å². The van der Waals surface area contributed by atoms with Crippen molar-refractivity contribution < 1.29 is 17.9 Å². The van der Waals surface area contributed by atoms with Crippen LogP contribution >= 0.6 is 0 Å². The van der Waals surface area contributed by atoms with Gasteiger partial charge in [-0.1, -0.05) is 0 Å². The third-order valence-corrected chi connectivity index (χ3v) is 5.45. The van der Waals surface area contributed by atoms with Gasteiger partial charge in [0.05, 0.1) is 17.6 Å². The van der Waals surface area contributed by atoms with Crippen LogP contribution in [-0.4, -0.2) is 63.9 Å².